The number of carbonyl (C=O) groups excluding carboxylic acids is 1. The maximum absolute atomic E-state index is 14.2. The summed E-state index contributed by atoms with van der Waals surface area (Å²) in [4.78, 5) is 25.0. The minimum Gasteiger partial charge on any atom is -0.493 e. The molecule has 0 aliphatic carbocycles. The highest BCUT2D eigenvalue weighted by molar-refractivity contribution is 5.97. The summed E-state index contributed by atoms with van der Waals surface area (Å²) in [5, 5.41) is 4.99. The molecule has 2 bridgehead atoms. The van der Waals surface area contributed by atoms with Gasteiger partial charge in [0.2, 0.25) is 0 Å². The summed E-state index contributed by atoms with van der Waals surface area (Å²) < 4.78 is 22.1. The molecular formula is C26H31FN6O2. The summed E-state index contributed by atoms with van der Waals surface area (Å²) in [6.45, 7) is 3.95. The molecule has 3 aromatic rings. The molecule has 2 aromatic heterocycles. The van der Waals surface area contributed by atoms with Crippen LogP contribution in [0, 0.1) is 5.82 Å². The van der Waals surface area contributed by atoms with Crippen molar-refractivity contribution in [2.75, 3.05) is 49.6 Å². The van der Waals surface area contributed by atoms with Crippen molar-refractivity contribution in [3.05, 3.63) is 47.4 Å². The summed E-state index contributed by atoms with van der Waals surface area (Å²) in [6.07, 6.45) is 5.64. The van der Waals surface area contributed by atoms with E-state index in [1.54, 1.807) is 6.07 Å². The van der Waals surface area contributed by atoms with Crippen LogP contribution in [0.5, 0.6) is 5.75 Å². The topological polar surface area (TPSA) is 66.2 Å². The van der Waals surface area contributed by atoms with Gasteiger partial charge in [-0.15, -0.1) is 0 Å². The Morgan fingerprint density at radius 1 is 1.00 bits per heavy atom. The highest BCUT2D eigenvalue weighted by Gasteiger charge is 2.33. The Kier molecular flexibility index (Phi) is 5.70. The average Bonchev–Trinajstić information content (AvgIpc) is 3.26. The smallest absolute Gasteiger partial charge is 0.258 e. The average molecular weight is 479 g/mol. The van der Waals surface area contributed by atoms with E-state index < -0.39 is 5.82 Å². The van der Waals surface area contributed by atoms with Crippen molar-refractivity contribution in [2.45, 2.75) is 44.6 Å². The number of hydrogen-bond acceptors (Lipinski definition) is 6. The van der Waals surface area contributed by atoms with Gasteiger partial charge in [0.05, 0.1) is 23.9 Å². The van der Waals surface area contributed by atoms with Crippen LogP contribution in [0.1, 0.15) is 60.6 Å². The molecule has 1 aromatic carbocycles. The Morgan fingerprint density at radius 2 is 1.86 bits per heavy atom. The number of halogens is 1. The van der Waals surface area contributed by atoms with E-state index in [-0.39, 0.29) is 17.5 Å². The van der Waals surface area contributed by atoms with E-state index in [9.17, 15) is 9.18 Å². The number of carbonyl (C=O) groups is 1. The number of hydrogen-bond donors (Lipinski definition) is 0. The van der Waals surface area contributed by atoms with Crippen LogP contribution in [-0.2, 0) is 0 Å². The summed E-state index contributed by atoms with van der Waals surface area (Å²) in [7, 11) is 2.09. The number of benzene rings is 1. The van der Waals surface area contributed by atoms with Crippen LogP contribution < -0.4 is 14.5 Å². The third-order valence-electron chi connectivity index (χ3n) is 7.41. The SMILES string of the molecule is CN1CCCCOc2ccc(F)cc2C(=O)N2CCCCC2c2cc3nc(N4CCC4)cc1n3n2. The maximum Gasteiger partial charge on any atom is 0.258 e. The molecule has 9 heteroatoms. The van der Waals surface area contributed by atoms with E-state index in [4.69, 9.17) is 14.8 Å². The van der Waals surface area contributed by atoms with Gasteiger partial charge >= 0.3 is 0 Å². The molecule has 35 heavy (non-hydrogen) atoms. The number of nitrogens with zero attached hydrogens (tertiary/aromatic N) is 6. The lowest BCUT2D eigenvalue weighted by Gasteiger charge is -2.35. The Hall–Kier alpha value is -3.36. The Morgan fingerprint density at radius 3 is 2.69 bits per heavy atom. The van der Waals surface area contributed by atoms with E-state index in [0.29, 0.717) is 18.9 Å². The zero-order valence-corrected chi connectivity index (χ0v) is 20.1. The van der Waals surface area contributed by atoms with E-state index in [1.807, 2.05) is 15.5 Å². The van der Waals surface area contributed by atoms with Crippen molar-refractivity contribution < 1.29 is 13.9 Å². The van der Waals surface area contributed by atoms with Gasteiger partial charge in [-0.3, -0.25) is 4.79 Å². The molecule has 0 radical (unpaired) electrons. The largest absolute Gasteiger partial charge is 0.493 e. The summed E-state index contributed by atoms with van der Waals surface area (Å²) >= 11 is 0. The first-order valence-corrected chi connectivity index (χ1v) is 12.7. The fourth-order valence-electron chi connectivity index (χ4n) is 5.29. The van der Waals surface area contributed by atoms with Gasteiger partial charge in [0.15, 0.2) is 5.65 Å². The zero-order valence-electron chi connectivity index (χ0n) is 20.1. The molecule has 8 nitrogen and oxygen atoms in total. The minimum absolute atomic E-state index is 0.190. The van der Waals surface area contributed by atoms with Crippen molar-refractivity contribution in [1.29, 1.82) is 0 Å². The molecule has 2 saturated heterocycles. The minimum atomic E-state index is -0.436. The summed E-state index contributed by atoms with van der Waals surface area (Å²) in [6, 6.07) is 8.18. The van der Waals surface area contributed by atoms with Crippen LogP contribution in [0.2, 0.25) is 0 Å². The molecule has 0 saturated carbocycles. The first-order chi connectivity index (χ1) is 17.1. The maximum atomic E-state index is 14.2. The standard InChI is InChI=1S/C26H31FN6O2/c1-30-10-4-5-14-35-22-9-8-18(27)15-19(22)26(34)32-13-3-2-7-21(32)20-16-24-28-23(31-11-6-12-31)17-25(30)33(24)29-20/h8-9,15-17,21H,2-7,10-14H2,1H3. The van der Waals surface area contributed by atoms with Crippen molar-refractivity contribution in [1.82, 2.24) is 19.5 Å². The lowest BCUT2D eigenvalue weighted by molar-refractivity contribution is 0.0601. The van der Waals surface area contributed by atoms with Crippen LogP contribution >= 0.6 is 0 Å². The van der Waals surface area contributed by atoms with Crippen molar-refractivity contribution >= 4 is 23.2 Å². The van der Waals surface area contributed by atoms with Gasteiger partial charge in [0, 0.05) is 45.4 Å². The van der Waals surface area contributed by atoms with Gasteiger partial charge in [0.25, 0.3) is 5.91 Å². The monoisotopic (exact) mass is 478 g/mol. The van der Waals surface area contributed by atoms with Crippen LogP contribution in [0.3, 0.4) is 0 Å². The van der Waals surface area contributed by atoms with Gasteiger partial charge in [-0.1, -0.05) is 0 Å². The Bertz CT molecular complexity index is 1260. The third kappa shape index (κ3) is 4.06. The zero-order chi connectivity index (χ0) is 23.9. The first-order valence-electron chi connectivity index (χ1n) is 12.7. The molecule has 1 atom stereocenters. The number of fused-ring (bicyclic) bond motifs is 4. The lowest BCUT2D eigenvalue weighted by Crippen LogP contribution is -2.39. The van der Waals surface area contributed by atoms with Crippen molar-refractivity contribution in [2.24, 2.45) is 0 Å². The lowest BCUT2D eigenvalue weighted by atomic mass is 9.98. The van der Waals surface area contributed by atoms with Crippen LogP contribution in [-0.4, -0.2) is 65.2 Å². The molecule has 6 rings (SSSR count). The third-order valence-corrected chi connectivity index (χ3v) is 7.41. The molecule has 184 valence electrons. The number of piperidine rings is 1. The second-order valence-corrected chi connectivity index (χ2v) is 9.78. The van der Waals surface area contributed by atoms with Gasteiger partial charge in [-0.2, -0.15) is 9.61 Å². The molecule has 1 amide bonds. The molecule has 2 fully saturated rings. The second kappa shape index (κ2) is 9.02. The predicted octanol–water partition coefficient (Wildman–Crippen LogP) is 4.05. The highest BCUT2D eigenvalue weighted by atomic mass is 19.1. The molecule has 5 heterocycles. The highest BCUT2D eigenvalue weighted by Crippen LogP contribution is 2.35. The molecule has 1 unspecified atom stereocenters. The fraction of sp³-hybridized carbons (Fsp3) is 0.500. The normalized spacial score (nSPS) is 21.1. The fourth-order valence-corrected chi connectivity index (χ4v) is 5.29. The van der Waals surface area contributed by atoms with Gasteiger partial charge in [-0.05, 0) is 56.7 Å². The van der Waals surface area contributed by atoms with Gasteiger partial charge in [-0.25, -0.2) is 9.37 Å². The van der Waals surface area contributed by atoms with Gasteiger partial charge in [0.1, 0.15) is 23.2 Å². The molecule has 3 aliphatic heterocycles. The Balaban J connectivity index is 1.47. The van der Waals surface area contributed by atoms with E-state index in [1.165, 1.54) is 18.6 Å². The molecule has 3 aliphatic rings. The number of aromatic nitrogens is 3. The summed E-state index contributed by atoms with van der Waals surface area (Å²) in [5.74, 6) is 1.78. The van der Waals surface area contributed by atoms with Crippen LogP contribution in [0.25, 0.3) is 5.65 Å². The molecular weight excluding hydrogens is 447 g/mol. The number of ether oxygens (including phenoxy) is 1. The Labute approximate surface area is 204 Å². The van der Waals surface area contributed by atoms with Gasteiger partial charge < -0.3 is 19.4 Å². The molecule has 0 N–H and O–H groups in total. The quantitative estimate of drug-likeness (QED) is 0.526. The van der Waals surface area contributed by atoms with E-state index in [0.717, 1.165) is 74.7 Å². The van der Waals surface area contributed by atoms with Crippen molar-refractivity contribution in [3.8, 4) is 5.75 Å². The van der Waals surface area contributed by atoms with Crippen molar-refractivity contribution in [3.63, 3.8) is 0 Å². The van der Waals surface area contributed by atoms with E-state index in [2.05, 4.69) is 22.9 Å². The predicted molar refractivity (Wildman–Crippen MR) is 132 cm³/mol. The number of rotatable bonds is 1. The second-order valence-electron chi connectivity index (χ2n) is 9.78. The number of amides is 1. The molecule has 0 spiro atoms. The summed E-state index contributed by atoms with van der Waals surface area (Å²) in [5.41, 5.74) is 1.91. The van der Waals surface area contributed by atoms with Crippen LogP contribution in [0.15, 0.2) is 30.3 Å². The first kappa shape index (κ1) is 22.1. The van der Waals surface area contributed by atoms with Crippen LogP contribution in [0.4, 0.5) is 16.0 Å². The van der Waals surface area contributed by atoms with E-state index >= 15 is 0 Å². The number of anilines is 2.